The fraction of sp³-hybridized carbons (Fsp3) is 0.913. The van der Waals surface area contributed by atoms with E-state index in [1.165, 1.54) is 89.9 Å². The number of carbonyl (C=O) groups excluding carboxylic acids is 2. The van der Waals surface area contributed by atoms with Crippen LogP contribution in [0.3, 0.4) is 0 Å². The Morgan fingerprint density at radius 1 is 0.538 bits per heavy atom. The number of hydrogen-bond donors (Lipinski definition) is 0. The van der Waals surface area contributed by atoms with Gasteiger partial charge in [0.15, 0.2) is 0 Å². The number of rotatable bonds is 21. The van der Waals surface area contributed by atoms with E-state index in [4.69, 9.17) is 0 Å². The van der Waals surface area contributed by atoms with Gasteiger partial charge in [0.1, 0.15) is 12.6 Å². The molecule has 154 valence electrons. The first kappa shape index (κ1) is 25.3. The molecule has 0 radical (unpaired) electrons. The van der Waals surface area contributed by atoms with Gasteiger partial charge in [-0.3, -0.25) is 0 Å². The van der Waals surface area contributed by atoms with E-state index >= 15 is 0 Å². The molecule has 0 saturated carbocycles. The number of unbranched alkanes of at least 4 members (excludes halogenated alkanes) is 14. The topological polar surface area (TPSA) is 37.4 Å². The van der Waals surface area contributed by atoms with Gasteiger partial charge < -0.3 is 14.5 Å². The van der Waals surface area contributed by atoms with Gasteiger partial charge in [0.2, 0.25) is 0 Å². The number of aldehydes is 2. The Bertz CT molecular complexity index is 279. The summed E-state index contributed by atoms with van der Waals surface area (Å²) in [5.74, 6) is 0. The molecule has 0 aromatic rings. The van der Waals surface area contributed by atoms with E-state index in [1.807, 2.05) is 0 Å². The van der Waals surface area contributed by atoms with Crippen LogP contribution in [0.5, 0.6) is 0 Å². The van der Waals surface area contributed by atoms with E-state index in [1.54, 1.807) is 0 Å². The summed E-state index contributed by atoms with van der Waals surface area (Å²) in [6.45, 7) is 0. The van der Waals surface area contributed by atoms with Crippen molar-refractivity contribution in [2.24, 2.45) is 0 Å². The zero-order valence-corrected chi connectivity index (χ0v) is 17.7. The normalized spacial score (nSPS) is 11.4. The van der Waals surface area contributed by atoms with Crippen LogP contribution in [0.2, 0.25) is 0 Å². The van der Waals surface area contributed by atoms with Crippen LogP contribution in [0.1, 0.15) is 116 Å². The minimum Gasteiger partial charge on any atom is -0.306 e. The number of nitrogens with zero attached hydrogens (tertiary/aromatic N) is 1. The van der Waals surface area contributed by atoms with Crippen LogP contribution < -0.4 is 0 Å². The zero-order valence-electron chi connectivity index (χ0n) is 17.7. The molecule has 0 amide bonds. The molecular weight excluding hydrogens is 322 g/mol. The fourth-order valence-corrected chi connectivity index (χ4v) is 3.64. The summed E-state index contributed by atoms with van der Waals surface area (Å²) in [5.41, 5.74) is 0. The van der Waals surface area contributed by atoms with Gasteiger partial charge in [0.25, 0.3) is 0 Å². The highest BCUT2D eigenvalue weighted by molar-refractivity contribution is 5.49. The third kappa shape index (κ3) is 18.1. The lowest BCUT2D eigenvalue weighted by atomic mass is 9.99. The Balaban J connectivity index is 3.48. The summed E-state index contributed by atoms with van der Waals surface area (Å²) in [6.07, 6.45) is 24.2. The molecule has 0 aliphatic heterocycles. The molecule has 0 unspecified atom stereocenters. The Hall–Kier alpha value is -0.700. The fourth-order valence-electron chi connectivity index (χ4n) is 3.64. The Kier molecular flexibility index (Phi) is 20.1. The monoisotopic (exact) mass is 367 g/mol. The molecule has 0 atom stereocenters. The summed E-state index contributed by atoms with van der Waals surface area (Å²) in [5, 5.41) is 0. The molecule has 0 fully saturated rings. The Morgan fingerprint density at radius 3 is 1.15 bits per heavy atom. The Labute approximate surface area is 163 Å². The van der Waals surface area contributed by atoms with Gasteiger partial charge in [-0.25, -0.2) is 0 Å². The van der Waals surface area contributed by atoms with E-state index in [-0.39, 0.29) is 0 Å². The third-order valence-electron chi connectivity index (χ3n) is 5.45. The third-order valence-corrected chi connectivity index (χ3v) is 5.45. The van der Waals surface area contributed by atoms with Crippen LogP contribution >= 0.6 is 0 Å². The average molecular weight is 368 g/mol. The van der Waals surface area contributed by atoms with Crippen molar-refractivity contribution in [1.29, 1.82) is 0 Å². The second-order valence-corrected chi connectivity index (χ2v) is 8.06. The Morgan fingerprint density at radius 2 is 0.846 bits per heavy atom. The first-order valence-electron chi connectivity index (χ1n) is 11.3. The van der Waals surface area contributed by atoms with Gasteiger partial charge in [0.05, 0.1) is 0 Å². The molecule has 0 aromatic carbocycles. The van der Waals surface area contributed by atoms with E-state index < -0.39 is 0 Å². The van der Waals surface area contributed by atoms with Gasteiger partial charge in [-0.1, -0.05) is 77.0 Å². The van der Waals surface area contributed by atoms with Crippen molar-refractivity contribution in [3.8, 4) is 0 Å². The van der Waals surface area contributed by atoms with Gasteiger partial charge in [-0.2, -0.15) is 0 Å². The van der Waals surface area contributed by atoms with E-state index in [9.17, 15) is 9.59 Å². The lowest BCUT2D eigenvalue weighted by Gasteiger charge is -2.24. The summed E-state index contributed by atoms with van der Waals surface area (Å²) in [4.78, 5) is 22.9. The highest BCUT2D eigenvalue weighted by Crippen LogP contribution is 2.17. The standard InChI is InChI=1S/C23H45NO2/c1-24(2)23(19-15-11-7-3-5-9-13-17-21-25)20-16-12-8-4-6-10-14-18-22-26/h21-23H,3-20H2,1-2H3. The first-order valence-corrected chi connectivity index (χ1v) is 11.3. The molecule has 0 rings (SSSR count). The minimum absolute atomic E-state index is 0.741. The minimum atomic E-state index is 0.741. The van der Waals surface area contributed by atoms with Gasteiger partial charge in [-0.05, 0) is 39.8 Å². The van der Waals surface area contributed by atoms with Crippen LogP contribution in [0, 0.1) is 0 Å². The van der Waals surface area contributed by atoms with Crippen LogP contribution in [0.15, 0.2) is 0 Å². The molecular formula is C23H45NO2. The van der Waals surface area contributed by atoms with Crippen molar-refractivity contribution in [2.45, 2.75) is 122 Å². The number of carbonyl (C=O) groups is 2. The van der Waals surface area contributed by atoms with Crippen molar-refractivity contribution in [3.63, 3.8) is 0 Å². The molecule has 0 aliphatic carbocycles. The van der Waals surface area contributed by atoms with Gasteiger partial charge >= 0.3 is 0 Å². The zero-order chi connectivity index (χ0) is 19.3. The second kappa shape index (κ2) is 20.6. The smallest absolute Gasteiger partial charge is 0.119 e. The molecule has 0 N–H and O–H groups in total. The molecule has 0 spiro atoms. The van der Waals surface area contributed by atoms with Crippen LogP contribution in [-0.2, 0) is 9.59 Å². The predicted octanol–water partition coefficient (Wildman–Crippen LogP) is 6.34. The maximum Gasteiger partial charge on any atom is 0.119 e. The molecule has 0 bridgehead atoms. The van der Waals surface area contributed by atoms with E-state index in [0.29, 0.717) is 0 Å². The van der Waals surface area contributed by atoms with Crippen LogP contribution in [-0.4, -0.2) is 37.6 Å². The van der Waals surface area contributed by atoms with E-state index in [2.05, 4.69) is 19.0 Å². The van der Waals surface area contributed by atoms with Crippen molar-refractivity contribution in [2.75, 3.05) is 14.1 Å². The average Bonchev–Trinajstić information content (AvgIpc) is 2.63. The van der Waals surface area contributed by atoms with Gasteiger partial charge in [0, 0.05) is 18.9 Å². The molecule has 0 aliphatic rings. The largest absolute Gasteiger partial charge is 0.306 e. The van der Waals surface area contributed by atoms with Crippen molar-refractivity contribution in [1.82, 2.24) is 4.90 Å². The summed E-state index contributed by atoms with van der Waals surface area (Å²) < 4.78 is 0. The lowest BCUT2D eigenvalue weighted by Crippen LogP contribution is -2.27. The molecule has 3 nitrogen and oxygen atoms in total. The van der Waals surface area contributed by atoms with Crippen LogP contribution in [0.4, 0.5) is 0 Å². The van der Waals surface area contributed by atoms with E-state index in [0.717, 1.165) is 44.3 Å². The molecule has 26 heavy (non-hydrogen) atoms. The molecule has 3 heteroatoms. The van der Waals surface area contributed by atoms with Gasteiger partial charge in [-0.15, -0.1) is 0 Å². The van der Waals surface area contributed by atoms with Crippen LogP contribution in [0.25, 0.3) is 0 Å². The maximum atomic E-state index is 10.3. The first-order chi connectivity index (χ1) is 12.7. The highest BCUT2D eigenvalue weighted by atomic mass is 16.1. The van der Waals surface area contributed by atoms with Crippen molar-refractivity contribution < 1.29 is 9.59 Å². The lowest BCUT2D eigenvalue weighted by molar-refractivity contribution is -0.108. The predicted molar refractivity (Wildman–Crippen MR) is 113 cm³/mol. The summed E-state index contributed by atoms with van der Waals surface area (Å²) in [6, 6.07) is 0.746. The maximum absolute atomic E-state index is 10.3. The highest BCUT2D eigenvalue weighted by Gasteiger charge is 2.10. The molecule has 0 saturated heterocycles. The SMILES string of the molecule is CN(C)C(CCCCCCCCCC=O)CCCCCCCCCC=O. The van der Waals surface area contributed by atoms with Crippen molar-refractivity contribution >= 4 is 12.6 Å². The second-order valence-electron chi connectivity index (χ2n) is 8.06. The number of hydrogen-bond acceptors (Lipinski definition) is 3. The van der Waals surface area contributed by atoms with Crippen molar-refractivity contribution in [3.05, 3.63) is 0 Å². The molecule has 0 heterocycles. The summed E-state index contributed by atoms with van der Waals surface area (Å²) in [7, 11) is 4.45. The quantitative estimate of drug-likeness (QED) is 0.175. The molecule has 0 aromatic heterocycles. The summed E-state index contributed by atoms with van der Waals surface area (Å²) >= 11 is 0.